The number of hydrogen-bond donors (Lipinski definition) is 3. The van der Waals surface area contributed by atoms with Gasteiger partial charge in [-0.1, -0.05) is 11.6 Å². The molecular weight excluding hydrogens is 900 g/mol. The fourth-order valence-corrected chi connectivity index (χ4v) is 6.06. The molecule has 0 spiro atoms. The van der Waals surface area contributed by atoms with Gasteiger partial charge in [0.2, 0.25) is 5.88 Å². The standard InChI is InChI=1S/C25H24N6O3.C22H17ClN6O.C3H8O2/c1-16-21(19-9-18(12-26)24(30-13-19)34-8-7-33-4)11-20(14-29-16)31-23(32)17-5-6-28-22(10-17)25(2,3)15-27;1-13-18(16-6-15(9-24)20(23)28-10-16)8-17(11-27-13)29-21(30)14-4-5-26-19(7-14)22(2,3)12-25;1-5-3-2-4/h5-6,9-11,13-14H,7-8H2,1-4H3,(H,31,32);4-8,10-11H,1-3H3,(H,29,30);4H,2-3H2,1H3. The van der Waals surface area contributed by atoms with Gasteiger partial charge in [0, 0.05) is 83.8 Å². The number of ether oxygens (including phenoxy) is 3. The first-order chi connectivity index (χ1) is 32.9. The van der Waals surface area contributed by atoms with Gasteiger partial charge in [-0.2, -0.15) is 21.0 Å². The van der Waals surface area contributed by atoms with Gasteiger partial charge < -0.3 is 30.0 Å². The van der Waals surface area contributed by atoms with E-state index in [1.807, 2.05) is 19.9 Å². The van der Waals surface area contributed by atoms with Crippen molar-refractivity contribution in [1.82, 2.24) is 29.9 Å². The van der Waals surface area contributed by atoms with Crippen LogP contribution in [0.15, 0.2) is 85.7 Å². The zero-order chi connectivity index (χ0) is 50.7. The molecule has 0 saturated carbocycles. The predicted molar refractivity (Wildman–Crippen MR) is 257 cm³/mol. The average molecular weight is 949 g/mol. The fraction of sp³-hybridized carbons (Fsp3) is 0.280. The van der Waals surface area contributed by atoms with Gasteiger partial charge in [0.25, 0.3) is 11.8 Å². The van der Waals surface area contributed by atoms with Crippen LogP contribution < -0.4 is 15.4 Å². The van der Waals surface area contributed by atoms with Gasteiger partial charge >= 0.3 is 0 Å². The summed E-state index contributed by atoms with van der Waals surface area (Å²) in [6.45, 7) is 11.8. The maximum absolute atomic E-state index is 12.9. The third-order valence-corrected chi connectivity index (χ3v) is 10.2. The Labute approximate surface area is 405 Å². The minimum atomic E-state index is -0.820. The minimum Gasteiger partial charge on any atom is -0.474 e. The maximum Gasteiger partial charge on any atom is 0.255 e. The number of carbonyl (C=O) groups excluding carboxylic acids is 2. The molecule has 0 radical (unpaired) electrons. The Morgan fingerprint density at radius 2 is 1.10 bits per heavy atom. The summed E-state index contributed by atoms with van der Waals surface area (Å²) in [6, 6.07) is 21.7. The summed E-state index contributed by atoms with van der Waals surface area (Å²) in [7, 11) is 3.11. The van der Waals surface area contributed by atoms with Gasteiger partial charge in [-0.3, -0.25) is 29.5 Å². The summed E-state index contributed by atoms with van der Waals surface area (Å²) < 4.78 is 14.9. The summed E-state index contributed by atoms with van der Waals surface area (Å²) in [6.07, 6.45) is 9.26. The van der Waals surface area contributed by atoms with Crippen LogP contribution in [0.2, 0.25) is 5.15 Å². The summed E-state index contributed by atoms with van der Waals surface area (Å²) in [5.74, 6) is -0.477. The van der Waals surface area contributed by atoms with Crippen LogP contribution in [0.4, 0.5) is 11.4 Å². The molecule has 6 aromatic heterocycles. The Bertz CT molecular complexity index is 2970. The molecule has 0 aliphatic carbocycles. The molecule has 0 aromatic carbocycles. The normalized spacial score (nSPS) is 10.6. The number of methoxy groups -OCH3 is 2. The van der Waals surface area contributed by atoms with E-state index in [2.05, 4.69) is 63.5 Å². The largest absolute Gasteiger partial charge is 0.474 e. The second-order valence-electron chi connectivity index (χ2n) is 15.9. The van der Waals surface area contributed by atoms with Crippen molar-refractivity contribution in [3.63, 3.8) is 0 Å². The summed E-state index contributed by atoms with van der Waals surface area (Å²) in [5, 5.41) is 51.1. The van der Waals surface area contributed by atoms with Crippen LogP contribution in [-0.4, -0.2) is 87.5 Å². The van der Waals surface area contributed by atoms with E-state index in [1.165, 1.54) is 12.4 Å². The van der Waals surface area contributed by atoms with Gasteiger partial charge in [0.05, 0.1) is 83.5 Å². The molecule has 2 amide bonds. The lowest BCUT2D eigenvalue weighted by Crippen LogP contribution is -2.18. The monoisotopic (exact) mass is 948 g/mol. The second kappa shape index (κ2) is 25.1. The molecule has 352 valence electrons. The minimum absolute atomic E-state index is 0.122. The SMILES string of the molecule is COCCO.COCCOc1ncc(-c2cc(NC(=O)c3ccnc(C(C)(C)C#N)c3)cnc2C)cc1C#N.Cc1ncc(NC(=O)c2ccnc(C(C)(C)C#N)c2)cc1-c1cnc(Cl)c(C#N)c1. The van der Waals surface area contributed by atoms with Gasteiger partial charge in [-0.05, 0) is 90.1 Å². The van der Waals surface area contributed by atoms with Crippen LogP contribution in [0, 0.1) is 59.2 Å². The number of aromatic nitrogens is 6. The van der Waals surface area contributed by atoms with E-state index in [0.717, 1.165) is 5.56 Å². The van der Waals surface area contributed by atoms with Crippen LogP contribution in [0.25, 0.3) is 22.3 Å². The number of amides is 2. The second-order valence-corrected chi connectivity index (χ2v) is 16.2. The van der Waals surface area contributed by atoms with E-state index in [0.29, 0.717) is 75.2 Å². The van der Waals surface area contributed by atoms with Crippen molar-refractivity contribution >= 4 is 34.8 Å². The van der Waals surface area contributed by atoms with Gasteiger partial charge in [0.15, 0.2) is 0 Å². The Balaban J connectivity index is 0.000000275. The van der Waals surface area contributed by atoms with Gasteiger partial charge in [-0.25, -0.2) is 9.97 Å². The quantitative estimate of drug-likeness (QED) is 0.0692. The van der Waals surface area contributed by atoms with Crippen molar-refractivity contribution in [2.24, 2.45) is 0 Å². The Morgan fingerprint density at radius 1 is 0.638 bits per heavy atom. The summed E-state index contributed by atoms with van der Waals surface area (Å²) >= 11 is 5.92. The Kier molecular flexibility index (Phi) is 19.4. The number of rotatable bonds is 14. The lowest BCUT2D eigenvalue weighted by atomic mass is 9.90. The molecule has 6 aromatic rings. The van der Waals surface area contributed by atoms with Crippen LogP contribution in [0.5, 0.6) is 5.88 Å². The van der Waals surface area contributed by atoms with Crippen LogP contribution in [0.1, 0.15) is 82.3 Å². The zero-order valence-corrected chi connectivity index (χ0v) is 40.0. The Morgan fingerprint density at radius 3 is 1.52 bits per heavy atom. The molecule has 0 aliphatic rings. The van der Waals surface area contributed by atoms with E-state index in [9.17, 15) is 30.6 Å². The van der Waals surface area contributed by atoms with E-state index >= 15 is 0 Å². The number of aliphatic hydroxyl groups excluding tert-OH is 1. The number of pyridine rings is 6. The van der Waals surface area contributed by atoms with Crippen molar-refractivity contribution in [3.8, 4) is 52.4 Å². The molecule has 0 bridgehead atoms. The molecule has 0 fully saturated rings. The maximum atomic E-state index is 12.9. The van der Waals surface area contributed by atoms with E-state index in [4.69, 9.17) is 26.2 Å². The fourth-order valence-electron chi connectivity index (χ4n) is 5.92. The molecule has 0 atom stereocenters. The molecule has 18 nitrogen and oxygen atoms in total. The Hall–Kier alpha value is -8.23. The number of halogens is 1. The molecule has 6 heterocycles. The van der Waals surface area contributed by atoms with Crippen molar-refractivity contribution < 1.29 is 28.9 Å². The number of hydrogen-bond acceptors (Lipinski definition) is 16. The zero-order valence-electron chi connectivity index (χ0n) is 39.2. The van der Waals surface area contributed by atoms with Crippen LogP contribution in [0.3, 0.4) is 0 Å². The molecule has 0 unspecified atom stereocenters. The molecule has 0 saturated heterocycles. The highest BCUT2D eigenvalue weighted by atomic mass is 35.5. The predicted octanol–water partition coefficient (Wildman–Crippen LogP) is 7.85. The molecule has 0 aliphatic heterocycles. The topological polar surface area (TPSA) is 279 Å². The molecule has 6 rings (SSSR count). The molecular formula is C50H49ClN12O6. The number of nitrogens with one attached hydrogen (secondary N) is 2. The number of carbonyl (C=O) groups is 2. The van der Waals surface area contributed by atoms with Gasteiger partial charge in [0.1, 0.15) is 29.5 Å². The number of anilines is 2. The van der Waals surface area contributed by atoms with Crippen molar-refractivity contribution in [3.05, 3.63) is 136 Å². The number of aliphatic hydroxyl groups is 1. The van der Waals surface area contributed by atoms with E-state index in [-0.39, 0.29) is 47.2 Å². The third-order valence-electron chi connectivity index (χ3n) is 9.95. The highest BCUT2D eigenvalue weighted by molar-refractivity contribution is 6.30. The van der Waals surface area contributed by atoms with Crippen LogP contribution in [-0.2, 0) is 20.3 Å². The molecule has 3 N–H and O–H groups in total. The first-order valence-corrected chi connectivity index (χ1v) is 21.3. The lowest BCUT2D eigenvalue weighted by Gasteiger charge is -2.15. The third kappa shape index (κ3) is 14.6. The number of aryl methyl sites for hydroxylation is 2. The number of nitriles is 4. The smallest absolute Gasteiger partial charge is 0.255 e. The summed E-state index contributed by atoms with van der Waals surface area (Å²) in [5.41, 5.74) is 5.82. The first kappa shape index (κ1) is 53.4. The van der Waals surface area contributed by atoms with Crippen molar-refractivity contribution in [2.45, 2.75) is 52.4 Å². The van der Waals surface area contributed by atoms with Crippen molar-refractivity contribution in [2.75, 3.05) is 51.3 Å². The van der Waals surface area contributed by atoms with Crippen LogP contribution >= 0.6 is 11.6 Å². The number of nitrogens with zero attached hydrogens (tertiary/aromatic N) is 10. The van der Waals surface area contributed by atoms with Crippen molar-refractivity contribution in [1.29, 1.82) is 21.0 Å². The van der Waals surface area contributed by atoms with Gasteiger partial charge in [-0.15, -0.1) is 0 Å². The highest BCUT2D eigenvalue weighted by Crippen LogP contribution is 2.30. The first-order valence-electron chi connectivity index (χ1n) is 20.9. The van der Waals surface area contributed by atoms with E-state index in [1.54, 1.807) is 115 Å². The average Bonchev–Trinajstić information content (AvgIpc) is 3.36. The molecule has 19 heteroatoms. The highest BCUT2D eigenvalue weighted by Gasteiger charge is 2.24. The van der Waals surface area contributed by atoms with E-state index < -0.39 is 10.8 Å². The summed E-state index contributed by atoms with van der Waals surface area (Å²) in [4.78, 5) is 51.0. The lowest BCUT2D eigenvalue weighted by molar-refractivity contribution is 0.101. The molecule has 69 heavy (non-hydrogen) atoms.